The summed E-state index contributed by atoms with van der Waals surface area (Å²) in [7, 11) is 0. The van der Waals surface area contributed by atoms with Gasteiger partial charge in [0, 0.05) is 10.6 Å². The van der Waals surface area contributed by atoms with Crippen molar-refractivity contribution in [3.63, 3.8) is 0 Å². The summed E-state index contributed by atoms with van der Waals surface area (Å²) in [6.07, 6.45) is 0. The lowest BCUT2D eigenvalue weighted by molar-refractivity contribution is 0.0526. The molecular formula is C16H12Cl2N2O2. The maximum absolute atomic E-state index is 11.8. The lowest BCUT2D eigenvalue weighted by Gasteiger charge is -2.02. The van der Waals surface area contributed by atoms with Crippen molar-refractivity contribution in [3.05, 3.63) is 52.0 Å². The van der Waals surface area contributed by atoms with Crippen molar-refractivity contribution >= 4 is 40.2 Å². The number of H-pyrrole nitrogens is 1. The molecule has 1 heterocycles. The first kappa shape index (κ1) is 14.9. The Labute approximate surface area is 137 Å². The lowest BCUT2D eigenvalue weighted by atomic mass is 10.2. The van der Waals surface area contributed by atoms with E-state index in [1.54, 1.807) is 31.2 Å². The highest BCUT2D eigenvalue weighted by Gasteiger charge is 2.14. The second-order valence-electron chi connectivity index (χ2n) is 4.67. The molecular weight excluding hydrogens is 323 g/mol. The SMILES string of the molecule is CCOC(=O)c1cc(Cl)c2nc(-c3ccc(Cl)cc3)[nH]c2c1. The first-order valence-corrected chi connectivity index (χ1v) is 7.46. The van der Waals surface area contributed by atoms with Crippen molar-refractivity contribution in [2.24, 2.45) is 0 Å². The monoisotopic (exact) mass is 334 g/mol. The van der Waals surface area contributed by atoms with Crippen LogP contribution in [0.4, 0.5) is 0 Å². The van der Waals surface area contributed by atoms with Crippen LogP contribution in [0.15, 0.2) is 36.4 Å². The van der Waals surface area contributed by atoms with Gasteiger partial charge in [0.05, 0.1) is 22.7 Å². The molecule has 0 fully saturated rings. The number of nitrogens with one attached hydrogen (secondary N) is 1. The van der Waals surface area contributed by atoms with Crippen LogP contribution >= 0.6 is 23.2 Å². The third-order valence-corrected chi connectivity index (χ3v) is 3.71. The Bertz CT molecular complexity index is 841. The van der Waals surface area contributed by atoms with Crippen LogP contribution in [-0.4, -0.2) is 22.5 Å². The summed E-state index contributed by atoms with van der Waals surface area (Å²) in [6.45, 7) is 2.07. The molecule has 4 nitrogen and oxygen atoms in total. The van der Waals surface area contributed by atoms with Gasteiger partial charge >= 0.3 is 5.97 Å². The second kappa shape index (κ2) is 5.99. The fourth-order valence-corrected chi connectivity index (χ4v) is 2.54. The van der Waals surface area contributed by atoms with Crippen molar-refractivity contribution in [1.82, 2.24) is 9.97 Å². The summed E-state index contributed by atoms with van der Waals surface area (Å²) in [5.74, 6) is 0.253. The highest BCUT2D eigenvalue weighted by molar-refractivity contribution is 6.35. The van der Waals surface area contributed by atoms with Gasteiger partial charge in [-0.1, -0.05) is 23.2 Å². The number of aromatic nitrogens is 2. The van der Waals surface area contributed by atoms with Gasteiger partial charge in [0.1, 0.15) is 11.3 Å². The van der Waals surface area contributed by atoms with Gasteiger partial charge in [-0.15, -0.1) is 0 Å². The van der Waals surface area contributed by atoms with E-state index in [-0.39, 0.29) is 0 Å². The van der Waals surface area contributed by atoms with Crippen LogP contribution in [0.25, 0.3) is 22.4 Å². The molecule has 1 N–H and O–H groups in total. The Kier molecular flexibility index (Phi) is 4.05. The van der Waals surface area contributed by atoms with Crippen LogP contribution in [0.5, 0.6) is 0 Å². The first-order chi connectivity index (χ1) is 10.6. The molecule has 0 amide bonds. The Morgan fingerprint density at radius 2 is 1.95 bits per heavy atom. The third kappa shape index (κ3) is 2.80. The minimum Gasteiger partial charge on any atom is -0.462 e. The maximum atomic E-state index is 11.8. The zero-order valence-corrected chi connectivity index (χ0v) is 13.2. The molecule has 22 heavy (non-hydrogen) atoms. The minimum atomic E-state index is -0.408. The van der Waals surface area contributed by atoms with Gasteiger partial charge in [0.15, 0.2) is 0 Å². The van der Waals surface area contributed by atoms with E-state index in [0.717, 1.165) is 5.56 Å². The summed E-state index contributed by atoms with van der Waals surface area (Å²) >= 11 is 12.1. The molecule has 3 aromatic rings. The number of benzene rings is 2. The zero-order chi connectivity index (χ0) is 15.7. The highest BCUT2D eigenvalue weighted by Crippen LogP contribution is 2.28. The van der Waals surface area contributed by atoms with E-state index in [1.807, 2.05) is 12.1 Å². The zero-order valence-electron chi connectivity index (χ0n) is 11.7. The number of nitrogens with zero attached hydrogens (tertiary/aromatic N) is 1. The Hall–Kier alpha value is -2.04. The van der Waals surface area contributed by atoms with E-state index in [9.17, 15) is 4.79 Å². The van der Waals surface area contributed by atoms with Crippen molar-refractivity contribution in [3.8, 4) is 11.4 Å². The van der Waals surface area contributed by atoms with Gasteiger partial charge in [-0.05, 0) is 43.3 Å². The first-order valence-electron chi connectivity index (χ1n) is 6.71. The molecule has 0 unspecified atom stereocenters. The van der Waals surface area contributed by atoms with Crippen LogP contribution in [0.1, 0.15) is 17.3 Å². The number of halogens is 2. The van der Waals surface area contributed by atoms with Gasteiger partial charge in [-0.2, -0.15) is 0 Å². The summed E-state index contributed by atoms with van der Waals surface area (Å²) in [5.41, 5.74) is 2.57. The van der Waals surface area contributed by atoms with E-state index >= 15 is 0 Å². The molecule has 2 aromatic carbocycles. The van der Waals surface area contributed by atoms with Crippen molar-refractivity contribution in [2.75, 3.05) is 6.61 Å². The van der Waals surface area contributed by atoms with Crippen LogP contribution < -0.4 is 0 Å². The number of hydrogen-bond acceptors (Lipinski definition) is 3. The number of carbonyl (C=O) groups excluding carboxylic acids is 1. The highest BCUT2D eigenvalue weighted by atomic mass is 35.5. The molecule has 0 aliphatic carbocycles. The number of carbonyl (C=O) groups is 1. The van der Waals surface area contributed by atoms with Gasteiger partial charge in [0.2, 0.25) is 0 Å². The molecule has 1 aromatic heterocycles. The average Bonchev–Trinajstić information content (AvgIpc) is 2.93. The summed E-state index contributed by atoms with van der Waals surface area (Å²) in [6, 6.07) is 10.5. The fourth-order valence-electron chi connectivity index (χ4n) is 2.15. The number of imidazole rings is 1. The summed E-state index contributed by atoms with van der Waals surface area (Å²) in [4.78, 5) is 19.5. The normalized spacial score (nSPS) is 10.9. The quantitative estimate of drug-likeness (QED) is 0.705. The average molecular weight is 335 g/mol. The standard InChI is InChI=1S/C16H12Cl2N2O2/c1-2-22-16(21)10-7-12(18)14-13(8-10)19-15(20-14)9-3-5-11(17)6-4-9/h3-8H,2H2,1H3,(H,19,20). The third-order valence-electron chi connectivity index (χ3n) is 3.17. The molecule has 0 atom stereocenters. The Morgan fingerprint density at radius 3 is 2.64 bits per heavy atom. The molecule has 112 valence electrons. The number of aromatic amines is 1. The maximum Gasteiger partial charge on any atom is 0.338 e. The summed E-state index contributed by atoms with van der Waals surface area (Å²) < 4.78 is 4.99. The number of fused-ring (bicyclic) bond motifs is 1. The predicted molar refractivity (Wildman–Crippen MR) is 87.5 cm³/mol. The summed E-state index contributed by atoms with van der Waals surface area (Å²) in [5, 5.41) is 1.06. The van der Waals surface area contributed by atoms with Crippen LogP contribution in [-0.2, 0) is 4.74 Å². The lowest BCUT2D eigenvalue weighted by Crippen LogP contribution is -2.04. The topological polar surface area (TPSA) is 55.0 Å². The van der Waals surface area contributed by atoms with Gasteiger partial charge in [-0.3, -0.25) is 0 Å². The molecule has 0 aliphatic heterocycles. The van der Waals surface area contributed by atoms with Crippen LogP contribution in [0, 0.1) is 0 Å². The van der Waals surface area contributed by atoms with E-state index < -0.39 is 5.97 Å². The van der Waals surface area contributed by atoms with Crippen LogP contribution in [0.2, 0.25) is 10.0 Å². The van der Waals surface area contributed by atoms with E-state index in [4.69, 9.17) is 27.9 Å². The molecule has 0 bridgehead atoms. The number of rotatable bonds is 3. The Balaban J connectivity index is 2.07. The molecule has 3 rings (SSSR count). The Morgan fingerprint density at radius 1 is 1.23 bits per heavy atom. The van der Waals surface area contributed by atoms with Crippen molar-refractivity contribution in [2.45, 2.75) is 6.92 Å². The minimum absolute atomic E-state index is 0.313. The van der Waals surface area contributed by atoms with Gasteiger partial charge in [0.25, 0.3) is 0 Å². The number of hydrogen-bond donors (Lipinski definition) is 1. The van der Waals surface area contributed by atoms with Crippen LogP contribution in [0.3, 0.4) is 0 Å². The molecule has 0 radical (unpaired) electrons. The predicted octanol–water partition coefficient (Wildman–Crippen LogP) is 4.71. The van der Waals surface area contributed by atoms with E-state index in [0.29, 0.717) is 39.1 Å². The molecule has 6 heteroatoms. The van der Waals surface area contributed by atoms with Crippen molar-refractivity contribution in [1.29, 1.82) is 0 Å². The van der Waals surface area contributed by atoms with E-state index in [1.165, 1.54) is 0 Å². The van der Waals surface area contributed by atoms with Gasteiger partial charge in [-0.25, -0.2) is 9.78 Å². The largest absolute Gasteiger partial charge is 0.462 e. The fraction of sp³-hybridized carbons (Fsp3) is 0.125. The van der Waals surface area contributed by atoms with E-state index in [2.05, 4.69) is 9.97 Å². The van der Waals surface area contributed by atoms with Crippen molar-refractivity contribution < 1.29 is 9.53 Å². The second-order valence-corrected chi connectivity index (χ2v) is 5.51. The smallest absolute Gasteiger partial charge is 0.338 e. The number of esters is 1. The molecule has 0 saturated heterocycles. The number of ether oxygens (including phenoxy) is 1. The molecule has 0 spiro atoms. The van der Waals surface area contributed by atoms with Gasteiger partial charge < -0.3 is 9.72 Å². The molecule has 0 aliphatic rings. The molecule has 0 saturated carbocycles.